The van der Waals surface area contributed by atoms with Crippen LogP contribution in [0.15, 0.2) is 12.3 Å². The molecule has 0 aromatic carbocycles. The third kappa shape index (κ3) is 4.14. The van der Waals surface area contributed by atoms with E-state index in [2.05, 4.69) is 4.98 Å². The molecule has 0 unspecified atom stereocenters. The second-order valence-corrected chi connectivity index (χ2v) is 3.38. The van der Waals surface area contributed by atoms with Gasteiger partial charge < -0.3 is 12.9 Å². The Hall–Kier alpha value is 0.571. The third-order valence-electron chi connectivity index (χ3n) is 1.89. The van der Waals surface area contributed by atoms with Crippen molar-refractivity contribution >= 4 is 12.4 Å². The minimum absolute atomic E-state index is 0. The molecule has 0 saturated carbocycles. The molecule has 1 rings (SSSR count). The summed E-state index contributed by atoms with van der Waals surface area (Å²) in [5.74, 6) is -1.13. The van der Waals surface area contributed by atoms with Crippen molar-refractivity contribution in [2.24, 2.45) is 0 Å². The first-order valence-corrected chi connectivity index (χ1v) is 4.17. The van der Waals surface area contributed by atoms with Crippen LogP contribution >= 0.6 is 0 Å². The fraction of sp³-hybridized carbons (Fsp3) is 0.375. The number of halogens is 4. The van der Waals surface area contributed by atoms with Crippen LogP contribution in [-0.4, -0.2) is 12.0 Å². The van der Waals surface area contributed by atoms with E-state index in [4.69, 9.17) is 0 Å². The topological polar surface area (TPSA) is 12.9 Å². The first-order chi connectivity index (χ1) is 6.32. The summed E-state index contributed by atoms with van der Waals surface area (Å²) < 4.78 is 49.7. The molecule has 78 valence electrons. The van der Waals surface area contributed by atoms with Gasteiger partial charge in [0, 0.05) is 11.8 Å². The molecule has 0 amide bonds. The normalized spacial score (nSPS) is 11.4. The van der Waals surface area contributed by atoms with Gasteiger partial charge in [0.05, 0.1) is 0 Å². The summed E-state index contributed by atoms with van der Waals surface area (Å²) in [5, 5.41) is 0. The number of pyridine rings is 1. The minimum Gasteiger partial charge on any atom is -0.445 e. The van der Waals surface area contributed by atoms with Crippen molar-refractivity contribution in [3.8, 4) is 0 Å². The molecule has 1 aromatic heterocycles. The van der Waals surface area contributed by atoms with Gasteiger partial charge in [-0.2, -0.15) is 4.39 Å². The molecule has 0 atom stereocenters. The van der Waals surface area contributed by atoms with E-state index in [-0.39, 0.29) is 62.9 Å². The van der Waals surface area contributed by atoms with E-state index in [0.29, 0.717) is 6.20 Å². The molecule has 0 spiro atoms. The van der Waals surface area contributed by atoms with Crippen molar-refractivity contribution in [3.63, 3.8) is 0 Å². The predicted molar refractivity (Wildman–Crippen MR) is 47.0 cm³/mol. The van der Waals surface area contributed by atoms with Crippen LogP contribution in [0, 0.1) is 5.95 Å². The Labute approximate surface area is 128 Å². The Balaban J connectivity index is 0.00000196. The summed E-state index contributed by atoms with van der Waals surface area (Å²) in [4.78, 5) is 3.10. The fourth-order valence-electron chi connectivity index (χ4n) is 1.07. The number of hydrogen-bond acceptors (Lipinski definition) is 1. The van der Waals surface area contributed by atoms with Gasteiger partial charge in [0.15, 0.2) is 0 Å². The largest absolute Gasteiger partial charge is 1.00 e. The van der Waals surface area contributed by atoms with Crippen LogP contribution < -0.4 is 56.8 Å². The van der Waals surface area contributed by atoms with Crippen molar-refractivity contribution in [3.05, 3.63) is 23.8 Å². The molecule has 1 heterocycles. The van der Waals surface area contributed by atoms with Gasteiger partial charge in [-0.15, -0.1) is 0 Å². The van der Waals surface area contributed by atoms with Gasteiger partial charge in [-0.1, -0.05) is 25.4 Å². The molecular weight excluding hydrogens is 236 g/mol. The number of nitrogens with zero attached hydrogens (tertiary/aromatic N) is 1. The number of aromatic nitrogens is 1. The SMILES string of the molecule is CC(C)c1cc([B-](F)(F)F)cnc1F.[K+]. The summed E-state index contributed by atoms with van der Waals surface area (Å²) in [6.45, 7) is -1.86. The number of hydrogen-bond donors (Lipinski definition) is 0. The van der Waals surface area contributed by atoms with Crippen LogP contribution in [0.3, 0.4) is 0 Å². The van der Waals surface area contributed by atoms with Gasteiger partial charge in [-0.25, -0.2) is 4.98 Å². The molecule has 0 bridgehead atoms. The van der Waals surface area contributed by atoms with Gasteiger partial charge in [-0.05, 0) is 5.92 Å². The van der Waals surface area contributed by atoms with Crippen molar-refractivity contribution in [1.29, 1.82) is 0 Å². The first-order valence-electron chi connectivity index (χ1n) is 4.17. The van der Waals surface area contributed by atoms with Crippen LogP contribution in [0.25, 0.3) is 0 Å². The molecule has 1 aromatic rings. The van der Waals surface area contributed by atoms with Crippen molar-refractivity contribution in [1.82, 2.24) is 4.98 Å². The Morgan fingerprint density at radius 1 is 1.27 bits per heavy atom. The van der Waals surface area contributed by atoms with E-state index in [1.165, 1.54) is 0 Å². The maximum atomic E-state index is 12.9. The standard InChI is InChI=1S/C8H9BF4N.K/c1-5(2)7-3-6(9(11,12)13)4-14-8(7)10;/h3-5H,1-2H3;/q-1;+1. The first kappa shape index (κ1) is 15.6. The van der Waals surface area contributed by atoms with Crippen LogP contribution in [0.4, 0.5) is 17.3 Å². The number of rotatable bonds is 2. The summed E-state index contributed by atoms with van der Waals surface area (Å²) in [6.07, 6.45) is 0.529. The Morgan fingerprint density at radius 3 is 2.20 bits per heavy atom. The van der Waals surface area contributed by atoms with E-state index < -0.39 is 18.4 Å². The molecule has 0 aliphatic carbocycles. The third-order valence-corrected chi connectivity index (χ3v) is 1.89. The molecular formula is C8H9BF4KN. The van der Waals surface area contributed by atoms with E-state index in [1.54, 1.807) is 13.8 Å². The zero-order chi connectivity index (χ0) is 10.9. The van der Waals surface area contributed by atoms with E-state index >= 15 is 0 Å². The molecule has 0 N–H and O–H groups in total. The molecule has 0 aliphatic heterocycles. The quantitative estimate of drug-likeness (QED) is 0.385. The summed E-state index contributed by atoms with van der Waals surface area (Å²) in [7, 11) is 0. The van der Waals surface area contributed by atoms with Crippen LogP contribution in [0.1, 0.15) is 25.3 Å². The maximum Gasteiger partial charge on any atom is 1.00 e. The maximum absolute atomic E-state index is 12.9. The zero-order valence-corrected chi connectivity index (χ0v) is 11.9. The predicted octanol–water partition coefficient (Wildman–Crippen LogP) is -0.597. The van der Waals surface area contributed by atoms with Crippen molar-refractivity contribution in [2.45, 2.75) is 19.8 Å². The molecule has 15 heavy (non-hydrogen) atoms. The molecule has 7 heteroatoms. The van der Waals surface area contributed by atoms with Gasteiger partial charge in [0.1, 0.15) is 0 Å². The van der Waals surface area contributed by atoms with E-state index in [9.17, 15) is 17.3 Å². The van der Waals surface area contributed by atoms with Crippen molar-refractivity contribution in [2.75, 3.05) is 0 Å². The summed E-state index contributed by atoms with van der Waals surface area (Å²) >= 11 is 0. The Bertz CT molecular complexity index is 340. The second kappa shape index (κ2) is 5.77. The van der Waals surface area contributed by atoms with Gasteiger partial charge in [-0.3, -0.25) is 0 Å². The van der Waals surface area contributed by atoms with Crippen LogP contribution in [0.5, 0.6) is 0 Å². The smallest absolute Gasteiger partial charge is 0.445 e. The van der Waals surface area contributed by atoms with E-state index in [1.807, 2.05) is 0 Å². The molecule has 0 fully saturated rings. The molecule has 1 nitrogen and oxygen atoms in total. The molecule has 0 aliphatic rings. The van der Waals surface area contributed by atoms with Crippen LogP contribution in [-0.2, 0) is 0 Å². The van der Waals surface area contributed by atoms with Gasteiger partial charge in [0.2, 0.25) is 5.95 Å². The average Bonchev–Trinajstić information content (AvgIpc) is 2.02. The summed E-state index contributed by atoms with van der Waals surface area (Å²) in [6, 6.07) is 0.826. The second-order valence-electron chi connectivity index (χ2n) is 3.38. The van der Waals surface area contributed by atoms with Crippen LogP contribution in [0.2, 0.25) is 0 Å². The summed E-state index contributed by atoms with van der Waals surface area (Å²) in [5.41, 5.74) is -0.850. The van der Waals surface area contributed by atoms with Crippen molar-refractivity contribution < 1.29 is 68.7 Å². The van der Waals surface area contributed by atoms with Gasteiger partial charge >= 0.3 is 58.4 Å². The van der Waals surface area contributed by atoms with Gasteiger partial charge in [0.25, 0.3) is 0 Å². The Kier molecular flexibility index (Phi) is 5.99. The fourth-order valence-corrected chi connectivity index (χ4v) is 1.07. The van der Waals surface area contributed by atoms with E-state index in [0.717, 1.165) is 6.07 Å². The monoisotopic (exact) mass is 245 g/mol. The Morgan fingerprint density at radius 2 is 1.80 bits per heavy atom. The molecule has 0 radical (unpaired) electrons. The minimum atomic E-state index is -5.10. The average molecular weight is 245 g/mol. The zero-order valence-electron chi connectivity index (χ0n) is 8.77. The molecule has 0 saturated heterocycles.